The summed E-state index contributed by atoms with van der Waals surface area (Å²) in [5.74, 6) is -0.379. The van der Waals surface area contributed by atoms with E-state index in [9.17, 15) is 9.00 Å². The van der Waals surface area contributed by atoms with Gasteiger partial charge in [0.2, 0.25) is 0 Å². The van der Waals surface area contributed by atoms with Crippen LogP contribution in [0.5, 0.6) is 0 Å². The van der Waals surface area contributed by atoms with Gasteiger partial charge in [-0.15, -0.1) is 11.6 Å². The third-order valence-electron chi connectivity index (χ3n) is 2.30. The standard InChI is InChI=1S/C9H4Cl3NOS.CH5ClN2OS2/c10-9(11,12)13-7(14)5-3-1-2-4-6(5)8(13)15;2-1-4-7(3,5)6/h1-4H;4H,1H2,(H2,3,5,6). The van der Waals surface area contributed by atoms with E-state index in [1.165, 1.54) is 0 Å². The number of amides is 1. The summed E-state index contributed by atoms with van der Waals surface area (Å²) in [7, 11) is -2.72. The molecule has 0 bridgehead atoms. The Kier molecular flexibility index (Phi) is 7.25. The molecule has 0 aromatic heterocycles. The highest BCUT2D eigenvalue weighted by Crippen LogP contribution is 2.38. The summed E-state index contributed by atoms with van der Waals surface area (Å²) in [4.78, 5) is 13.1. The zero-order chi connectivity index (χ0) is 17.1. The minimum atomic E-state index is -2.72. The van der Waals surface area contributed by atoms with Gasteiger partial charge in [-0.05, 0) is 6.07 Å². The first-order valence-corrected chi connectivity index (χ1v) is 9.99. The molecular weight excluding hydrogens is 432 g/mol. The number of nitrogens with one attached hydrogen (secondary N) is 1. The zero-order valence-corrected chi connectivity index (χ0v) is 16.1. The molecule has 0 saturated carbocycles. The number of hydrogen-bond acceptors (Lipinski definition) is 4. The number of benzene rings is 1. The summed E-state index contributed by atoms with van der Waals surface area (Å²) in [6.07, 6.45) is 0. The highest BCUT2D eigenvalue weighted by Gasteiger charge is 2.43. The van der Waals surface area contributed by atoms with Crippen molar-refractivity contribution in [2.45, 2.75) is 3.92 Å². The van der Waals surface area contributed by atoms with Gasteiger partial charge in [-0.2, -0.15) is 0 Å². The Hall–Kier alpha value is 0.230. The maximum Gasteiger partial charge on any atom is 0.275 e. The molecule has 1 heterocycles. The zero-order valence-electron chi connectivity index (χ0n) is 10.6. The van der Waals surface area contributed by atoms with Crippen LogP contribution in [0.25, 0.3) is 0 Å². The van der Waals surface area contributed by atoms with E-state index in [2.05, 4.69) is 15.9 Å². The second-order valence-corrected chi connectivity index (χ2v) is 9.52. The first-order valence-electron chi connectivity index (χ1n) is 5.37. The van der Waals surface area contributed by atoms with Crippen molar-refractivity contribution in [1.29, 1.82) is 0 Å². The number of alkyl halides is 4. The van der Waals surface area contributed by atoms with Crippen molar-refractivity contribution in [2.24, 2.45) is 5.14 Å². The Morgan fingerprint density at radius 1 is 1.27 bits per heavy atom. The van der Waals surface area contributed by atoms with Gasteiger partial charge in [0.05, 0.1) is 11.6 Å². The lowest BCUT2D eigenvalue weighted by molar-refractivity contribution is 0.0859. The molecule has 0 fully saturated rings. The van der Waals surface area contributed by atoms with Crippen LogP contribution in [-0.2, 0) is 20.1 Å². The fourth-order valence-corrected chi connectivity index (χ4v) is 3.54. The number of halogens is 4. The lowest BCUT2D eigenvalue weighted by Gasteiger charge is -2.23. The number of nitrogens with zero attached hydrogens (tertiary/aromatic N) is 1. The number of nitrogens with two attached hydrogens (primary N) is 1. The number of fused-ring (bicyclic) bond motifs is 1. The summed E-state index contributed by atoms with van der Waals surface area (Å²) in [6, 6.07) is 6.92. The maximum atomic E-state index is 11.8. The SMILES string of the molecule is NS(=O)(=S)NCCl.O=C1c2ccccc2C(=S)N1C(Cl)(Cl)Cl. The molecule has 12 heteroatoms. The highest BCUT2D eigenvalue weighted by atomic mass is 35.6. The molecule has 1 aromatic carbocycles. The van der Waals surface area contributed by atoms with Crippen LogP contribution >= 0.6 is 58.6 Å². The van der Waals surface area contributed by atoms with Gasteiger partial charge in [0.25, 0.3) is 9.82 Å². The van der Waals surface area contributed by atoms with Crippen LogP contribution < -0.4 is 9.86 Å². The predicted molar refractivity (Wildman–Crippen MR) is 98.2 cm³/mol. The van der Waals surface area contributed by atoms with Gasteiger partial charge in [0.1, 0.15) is 4.99 Å². The third-order valence-corrected chi connectivity index (χ3v) is 4.41. The van der Waals surface area contributed by atoms with Crippen molar-refractivity contribution in [1.82, 2.24) is 9.62 Å². The summed E-state index contributed by atoms with van der Waals surface area (Å²) in [6.45, 7) is 0. The van der Waals surface area contributed by atoms with Crippen molar-refractivity contribution >= 4 is 89.6 Å². The van der Waals surface area contributed by atoms with Crippen molar-refractivity contribution in [2.75, 3.05) is 6.00 Å². The minimum absolute atomic E-state index is 0.0266. The van der Waals surface area contributed by atoms with Gasteiger partial charge in [-0.1, -0.05) is 65.2 Å². The van der Waals surface area contributed by atoms with E-state index in [1.807, 2.05) is 0 Å². The Morgan fingerprint density at radius 3 is 2.09 bits per heavy atom. The number of carbonyl (C=O) groups excluding carboxylic acids is 1. The third kappa shape index (κ3) is 5.40. The Morgan fingerprint density at radius 2 is 1.77 bits per heavy atom. The topological polar surface area (TPSA) is 75.4 Å². The fourth-order valence-electron chi connectivity index (χ4n) is 1.50. The van der Waals surface area contributed by atoms with E-state index in [1.54, 1.807) is 24.3 Å². The lowest BCUT2D eigenvalue weighted by atomic mass is 10.1. The first-order chi connectivity index (χ1) is 9.99. The molecule has 5 nitrogen and oxygen atoms in total. The van der Waals surface area contributed by atoms with Gasteiger partial charge >= 0.3 is 0 Å². The molecule has 22 heavy (non-hydrogen) atoms. The average molecular weight is 441 g/mol. The summed E-state index contributed by atoms with van der Waals surface area (Å²) >= 11 is 31.3. The average Bonchev–Trinajstić information content (AvgIpc) is 2.61. The van der Waals surface area contributed by atoms with Gasteiger partial charge in [-0.3, -0.25) is 9.69 Å². The van der Waals surface area contributed by atoms with Crippen molar-refractivity contribution in [3.8, 4) is 0 Å². The lowest BCUT2D eigenvalue weighted by Crippen LogP contribution is -2.39. The van der Waals surface area contributed by atoms with Crippen LogP contribution in [0.1, 0.15) is 15.9 Å². The van der Waals surface area contributed by atoms with Crippen molar-refractivity contribution in [3.05, 3.63) is 35.4 Å². The van der Waals surface area contributed by atoms with Gasteiger partial charge in [-0.25, -0.2) is 14.1 Å². The molecule has 0 aliphatic carbocycles. The molecule has 1 aliphatic heterocycles. The van der Waals surface area contributed by atoms with Crippen LogP contribution in [0.2, 0.25) is 0 Å². The number of thiocarbonyl (C=S) groups is 1. The molecular formula is C10H9Cl4N3O2S3. The minimum Gasteiger partial charge on any atom is -0.269 e. The highest BCUT2D eigenvalue weighted by molar-refractivity contribution is 8.30. The molecule has 1 unspecified atom stereocenters. The van der Waals surface area contributed by atoms with Gasteiger partial charge in [0, 0.05) is 16.8 Å². The van der Waals surface area contributed by atoms with Crippen LogP contribution in [0.4, 0.5) is 0 Å². The van der Waals surface area contributed by atoms with Crippen molar-refractivity contribution in [3.63, 3.8) is 0 Å². The molecule has 1 atom stereocenters. The number of carbonyl (C=O) groups is 1. The van der Waals surface area contributed by atoms with Crippen LogP contribution in [-0.4, -0.2) is 29.9 Å². The van der Waals surface area contributed by atoms with E-state index in [0.29, 0.717) is 11.1 Å². The fraction of sp³-hybridized carbons (Fsp3) is 0.200. The molecule has 0 radical (unpaired) electrons. The Bertz CT molecular complexity index is 656. The molecule has 0 spiro atoms. The number of hydrogen-bond donors (Lipinski definition) is 2. The van der Waals surface area contributed by atoms with E-state index in [4.69, 9.17) is 63.8 Å². The molecule has 1 aliphatic rings. The molecule has 2 rings (SSSR count). The van der Waals surface area contributed by atoms with Gasteiger partial charge < -0.3 is 0 Å². The summed E-state index contributed by atoms with van der Waals surface area (Å²) in [5, 5.41) is 4.79. The predicted octanol–water partition coefficient (Wildman–Crippen LogP) is 2.45. The molecule has 122 valence electrons. The van der Waals surface area contributed by atoms with Crippen LogP contribution in [0.15, 0.2) is 24.3 Å². The Balaban J connectivity index is 0.000000295. The van der Waals surface area contributed by atoms with Crippen LogP contribution in [0, 0.1) is 0 Å². The maximum absolute atomic E-state index is 11.8. The second kappa shape index (κ2) is 7.87. The Labute approximate surface area is 157 Å². The van der Waals surface area contributed by atoms with E-state index >= 15 is 0 Å². The van der Waals surface area contributed by atoms with E-state index in [0.717, 1.165) is 4.90 Å². The molecule has 3 N–H and O–H groups in total. The first kappa shape index (κ1) is 20.3. The molecule has 1 aromatic rings. The summed E-state index contributed by atoms with van der Waals surface area (Å²) < 4.78 is 10.5. The van der Waals surface area contributed by atoms with E-state index < -0.39 is 12.8 Å². The smallest absolute Gasteiger partial charge is 0.269 e. The van der Waals surface area contributed by atoms with E-state index in [-0.39, 0.29) is 16.9 Å². The monoisotopic (exact) mass is 439 g/mol. The van der Waals surface area contributed by atoms with Crippen LogP contribution in [0.3, 0.4) is 0 Å². The van der Waals surface area contributed by atoms with Gasteiger partial charge in [0.15, 0.2) is 8.86 Å². The number of rotatable bonds is 2. The molecule has 1 amide bonds. The summed E-state index contributed by atoms with van der Waals surface area (Å²) in [5.41, 5.74) is 1.10. The molecule has 0 saturated heterocycles. The largest absolute Gasteiger partial charge is 0.275 e. The van der Waals surface area contributed by atoms with Crippen molar-refractivity contribution < 1.29 is 9.00 Å². The normalized spacial score (nSPS) is 16.7. The second-order valence-electron chi connectivity index (χ2n) is 3.78. The quantitative estimate of drug-likeness (QED) is 0.420.